The topological polar surface area (TPSA) is 184 Å². The van der Waals surface area contributed by atoms with E-state index in [0.717, 1.165) is 0 Å². The number of nitrogen functional groups attached to an aromatic ring is 2. The van der Waals surface area contributed by atoms with E-state index in [1.807, 2.05) is 28.7 Å². The molecule has 11 nitrogen and oxygen atoms in total. The number of carbonyl (C=O) groups is 1. The molecule has 6 N–H and O–H groups in total. The third-order valence-corrected chi connectivity index (χ3v) is 5.93. The van der Waals surface area contributed by atoms with Crippen molar-refractivity contribution >= 4 is 51.8 Å². The number of aromatic nitrogens is 1. The van der Waals surface area contributed by atoms with Gasteiger partial charge in [-0.1, -0.05) is 18.2 Å². The van der Waals surface area contributed by atoms with E-state index in [1.165, 1.54) is 7.11 Å². The molecule has 0 spiro atoms. The van der Waals surface area contributed by atoms with Crippen LogP contribution in [0.2, 0.25) is 0 Å². The summed E-state index contributed by atoms with van der Waals surface area (Å²) in [6, 6.07) is 13.1. The van der Waals surface area contributed by atoms with Crippen LogP contribution >= 0.6 is 22.6 Å². The predicted molar refractivity (Wildman–Crippen MR) is 137 cm³/mol. The van der Waals surface area contributed by atoms with Crippen molar-refractivity contribution in [3.05, 3.63) is 68.3 Å². The highest BCUT2D eigenvalue weighted by Gasteiger charge is 2.31. The normalized spacial score (nSPS) is 13.8. The Bertz CT molecular complexity index is 1440. The van der Waals surface area contributed by atoms with Crippen LogP contribution in [0.25, 0.3) is 0 Å². The van der Waals surface area contributed by atoms with Gasteiger partial charge in [0.1, 0.15) is 29.3 Å². The van der Waals surface area contributed by atoms with Crippen molar-refractivity contribution in [2.24, 2.45) is 4.99 Å². The number of nitrogens with zero attached hydrogens (tertiary/aromatic N) is 4. The first kappa shape index (κ1) is 23.6. The lowest BCUT2D eigenvalue weighted by Crippen LogP contribution is -2.32. The Hall–Kier alpha value is -4.56. The lowest BCUT2D eigenvalue weighted by molar-refractivity contribution is 0.0728. The highest BCUT2D eigenvalue weighted by atomic mass is 127. The molecule has 0 radical (unpaired) electrons. The molecule has 0 saturated carbocycles. The first-order chi connectivity index (χ1) is 16.9. The number of fused-ring (bicyclic) bond motifs is 1. The molecular formula is C23H17IN8O3. The molecule has 2 aromatic carbocycles. The summed E-state index contributed by atoms with van der Waals surface area (Å²) >= 11 is 2.02. The van der Waals surface area contributed by atoms with E-state index in [9.17, 15) is 10.1 Å². The van der Waals surface area contributed by atoms with Crippen LogP contribution in [0.4, 0.5) is 17.3 Å². The van der Waals surface area contributed by atoms with Gasteiger partial charge >= 0.3 is 5.97 Å². The molecule has 1 aliphatic rings. The Morgan fingerprint density at radius 3 is 2.63 bits per heavy atom. The fourth-order valence-electron chi connectivity index (χ4n) is 3.54. The maximum absolute atomic E-state index is 12.6. The summed E-state index contributed by atoms with van der Waals surface area (Å²) in [6.45, 7) is 0. The van der Waals surface area contributed by atoms with Crippen molar-refractivity contribution in [1.29, 1.82) is 10.5 Å². The molecule has 0 saturated heterocycles. The summed E-state index contributed by atoms with van der Waals surface area (Å²) in [7, 11) is 1.45. The quantitative estimate of drug-likeness (QED) is 0.118. The largest absolute Gasteiger partial charge is 0.493 e. The smallest absolute Gasteiger partial charge is 0.343 e. The highest BCUT2D eigenvalue weighted by Crippen LogP contribution is 2.44. The van der Waals surface area contributed by atoms with E-state index in [1.54, 1.807) is 48.7 Å². The van der Waals surface area contributed by atoms with E-state index in [-0.39, 0.29) is 40.3 Å². The zero-order valence-electron chi connectivity index (χ0n) is 18.2. The Labute approximate surface area is 213 Å². The van der Waals surface area contributed by atoms with Gasteiger partial charge in [-0.05, 0) is 52.4 Å². The zero-order valence-corrected chi connectivity index (χ0v) is 20.3. The fourth-order valence-corrected chi connectivity index (χ4v) is 4.28. The second-order valence-electron chi connectivity index (χ2n) is 7.19. The molecule has 1 aliphatic heterocycles. The number of hydrogen-bond donors (Lipinski definition) is 4. The van der Waals surface area contributed by atoms with Crippen LogP contribution < -0.4 is 31.6 Å². The van der Waals surface area contributed by atoms with Gasteiger partial charge in [0.15, 0.2) is 17.7 Å². The molecule has 0 bridgehead atoms. The number of carbonyl (C=O) groups excluding carboxylic acids is 1. The molecule has 0 fully saturated rings. The first-order valence-corrected chi connectivity index (χ1v) is 11.1. The summed E-state index contributed by atoms with van der Waals surface area (Å²) in [5.41, 5.74) is 13.7. The molecule has 1 unspecified atom stereocenters. The monoisotopic (exact) mass is 580 g/mol. The van der Waals surface area contributed by atoms with Crippen molar-refractivity contribution in [2.75, 3.05) is 23.9 Å². The maximum Gasteiger partial charge on any atom is 0.343 e. The predicted octanol–water partition coefficient (Wildman–Crippen LogP) is 2.89. The first-order valence-electron chi connectivity index (χ1n) is 10.0. The van der Waals surface area contributed by atoms with Crippen LogP contribution in [0.5, 0.6) is 11.5 Å². The molecule has 1 atom stereocenters. The van der Waals surface area contributed by atoms with Gasteiger partial charge in [-0.15, -0.1) is 0 Å². The highest BCUT2D eigenvalue weighted by molar-refractivity contribution is 14.1. The van der Waals surface area contributed by atoms with Crippen LogP contribution in [0.15, 0.2) is 47.5 Å². The zero-order chi connectivity index (χ0) is 25.1. The van der Waals surface area contributed by atoms with Gasteiger partial charge in [0, 0.05) is 5.56 Å². The maximum atomic E-state index is 12.6. The number of nitrogens with one attached hydrogen (secondary N) is 2. The minimum Gasteiger partial charge on any atom is -0.493 e. The number of pyridine rings is 1. The Morgan fingerprint density at radius 2 is 1.97 bits per heavy atom. The minimum absolute atomic E-state index is 0.0255. The van der Waals surface area contributed by atoms with Crippen LogP contribution in [0, 0.1) is 26.4 Å². The van der Waals surface area contributed by atoms with Gasteiger partial charge in [-0.3, -0.25) is 5.32 Å². The summed E-state index contributed by atoms with van der Waals surface area (Å²) < 4.78 is 11.7. The van der Waals surface area contributed by atoms with E-state index in [0.29, 0.717) is 20.3 Å². The van der Waals surface area contributed by atoms with Crippen LogP contribution in [0.1, 0.15) is 33.1 Å². The third kappa shape index (κ3) is 4.47. The lowest BCUT2D eigenvalue weighted by atomic mass is 9.95. The van der Waals surface area contributed by atoms with E-state index >= 15 is 0 Å². The number of methoxy groups -OCH3 is 1. The molecule has 35 heavy (non-hydrogen) atoms. The number of aliphatic imine (C=N–C) groups is 1. The number of ether oxygens (including phenoxy) is 2. The molecule has 174 valence electrons. The van der Waals surface area contributed by atoms with Crippen molar-refractivity contribution in [1.82, 2.24) is 10.3 Å². The van der Waals surface area contributed by atoms with Crippen molar-refractivity contribution < 1.29 is 14.3 Å². The van der Waals surface area contributed by atoms with E-state index in [2.05, 4.69) is 20.6 Å². The Morgan fingerprint density at radius 1 is 1.23 bits per heavy atom. The molecule has 0 aliphatic carbocycles. The number of guanidine groups is 1. The van der Waals surface area contributed by atoms with Crippen LogP contribution in [-0.2, 0) is 0 Å². The average Bonchev–Trinajstić information content (AvgIpc) is 2.85. The summed E-state index contributed by atoms with van der Waals surface area (Å²) in [5, 5.41) is 23.9. The Kier molecular flexibility index (Phi) is 6.57. The molecule has 4 rings (SSSR count). The fraction of sp³-hybridized carbons (Fsp3) is 0.0870. The SMILES string of the molecule is COc1cc(C2N=C(NC#N)Nc3nc(N)c(C#N)c(N)c32)cc(I)c1OC(=O)c1ccccc1. The average molecular weight is 580 g/mol. The van der Waals surface area contributed by atoms with Crippen molar-refractivity contribution in [3.63, 3.8) is 0 Å². The second kappa shape index (κ2) is 9.74. The second-order valence-corrected chi connectivity index (χ2v) is 8.35. The number of halogens is 1. The summed E-state index contributed by atoms with van der Waals surface area (Å²) in [6.07, 6.45) is 1.80. The summed E-state index contributed by atoms with van der Waals surface area (Å²) in [5.74, 6) is 0.301. The van der Waals surface area contributed by atoms with Gasteiger partial charge < -0.3 is 26.3 Å². The molecule has 0 amide bonds. The van der Waals surface area contributed by atoms with E-state index in [4.69, 9.17) is 26.2 Å². The number of hydrogen-bond acceptors (Lipinski definition) is 11. The third-order valence-electron chi connectivity index (χ3n) is 5.13. The van der Waals surface area contributed by atoms with Crippen LogP contribution in [0.3, 0.4) is 0 Å². The van der Waals surface area contributed by atoms with Gasteiger partial charge in [-0.2, -0.15) is 10.5 Å². The molecule has 12 heteroatoms. The lowest BCUT2D eigenvalue weighted by Gasteiger charge is -2.26. The number of rotatable bonds is 4. The van der Waals surface area contributed by atoms with Gasteiger partial charge in [0.2, 0.25) is 5.96 Å². The van der Waals surface area contributed by atoms with Crippen molar-refractivity contribution in [2.45, 2.75) is 6.04 Å². The van der Waals surface area contributed by atoms with E-state index < -0.39 is 12.0 Å². The number of benzene rings is 2. The number of nitriles is 2. The number of nitrogens with two attached hydrogens (primary N) is 2. The molecular weight excluding hydrogens is 563 g/mol. The van der Waals surface area contributed by atoms with Crippen LogP contribution in [-0.4, -0.2) is 24.0 Å². The summed E-state index contributed by atoms with van der Waals surface area (Å²) in [4.78, 5) is 21.4. The van der Waals surface area contributed by atoms with Gasteiger partial charge in [0.05, 0.1) is 21.9 Å². The number of anilines is 3. The number of esters is 1. The van der Waals surface area contributed by atoms with Crippen molar-refractivity contribution in [3.8, 4) is 23.8 Å². The molecule has 3 aromatic rings. The minimum atomic E-state index is -0.774. The molecule has 2 heterocycles. The molecule has 1 aromatic heterocycles. The Balaban J connectivity index is 1.82. The van der Waals surface area contributed by atoms with Gasteiger partial charge in [-0.25, -0.2) is 14.8 Å². The standard InChI is InChI=1S/C23H17IN8O3/c1-34-15-8-12(7-14(24)19(15)35-22(33)11-5-3-2-4-6-11)18-16-17(27)13(9-25)20(28)31-21(16)32-23(30-18)29-10-26/h2-8,18H,1H3,(H6,27,28,29,30,31,32). The van der Waals surface area contributed by atoms with Gasteiger partial charge in [0.25, 0.3) is 0 Å².